The second-order valence-corrected chi connectivity index (χ2v) is 8.14. The molecule has 0 spiro atoms. The van der Waals surface area contributed by atoms with Crippen molar-refractivity contribution in [3.63, 3.8) is 0 Å². The number of pyridine rings is 2. The van der Waals surface area contributed by atoms with E-state index in [0.29, 0.717) is 31.7 Å². The molecule has 180 valence electrons. The minimum absolute atomic E-state index is 0. The molecule has 0 unspecified atom stereocenters. The minimum Gasteiger partial charge on any atom is -0.870 e. The number of nitrogens with zero attached hydrogens (tertiary/aromatic N) is 4. The van der Waals surface area contributed by atoms with Crippen molar-refractivity contribution in [1.29, 1.82) is 0 Å². The van der Waals surface area contributed by atoms with Gasteiger partial charge in [0.25, 0.3) is 0 Å². The molecule has 0 bridgehead atoms. The Balaban J connectivity index is 0.000000321. The molecule has 2 aliphatic heterocycles. The number of carbonyl (C=O) groups is 2. The Hall–Kier alpha value is -2.14. The quantitative estimate of drug-likeness (QED) is 0.617. The van der Waals surface area contributed by atoms with Crippen LogP contribution < -0.4 is 39.4 Å². The third kappa shape index (κ3) is 8.57. The van der Waals surface area contributed by atoms with Crippen LogP contribution in [0.2, 0.25) is 0 Å². The summed E-state index contributed by atoms with van der Waals surface area (Å²) in [6.07, 6.45) is 5.39. The molecule has 2 saturated heterocycles. The SMILES string of the molecule is CC(=O)C1CCN(c2ccc(F)cn2)CC1.O=C(O)C1CCN(c2ccc(F)cn2)CC1.[Na+].[OH-]. The van der Waals surface area contributed by atoms with Gasteiger partial charge < -0.3 is 20.4 Å². The fourth-order valence-electron chi connectivity index (χ4n) is 3.98. The van der Waals surface area contributed by atoms with Crippen molar-refractivity contribution in [3.05, 3.63) is 48.3 Å². The first kappa shape index (κ1) is 29.9. The van der Waals surface area contributed by atoms with Crippen molar-refractivity contribution in [2.24, 2.45) is 11.8 Å². The van der Waals surface area contributed by atoms with Crippen molar-refractivity contribution < 1.29 is 58.5 Å². The van der Waals surface area contributed by atoms with Crippen molar-refractivity contribution in [2.75, 3.05) is 36.0 Å². The van der Waals surface area contributed by atoms with Gasteiger partial charge in [0.2, 0.25) is 0 Å². The molecule has 0 atom stereocenters. The molecular weight excluding hydrogens is 457 g/mol. The van der Waals surface area contributed by atoms with E-state index in [1.165, 1.54) is 24.5 Å². The molecule has 0 amide bonds. The predicted molar refractivity (Wildman–Crippen MR) is 119 cm³/mol. The second kappa shape index (κ2) is 14.3. The molecule has 0 aromatic carbocycles. The Morgan fingerprint density at radius 1 is 0.824 bits per heavy atom. The van der Waals surface area contributed by atoms with Crippen LogP contribution in [0.4, 0.5) is 20.4 Å². The number of anilines is 2. The van der Waals surface area contributed by atoms with E-state index in [4.69, 9.17) is 5.11 Å². The molecule has 11 heteroatoms. The van der Waals surface area contributed by atoms with E-state index in [-0.39, 0.29) is 64.3 Å². The van der Waals surface area contributed by atoms with Gasteiger partial charge in [-0.1, -0.05) is 0 Å². The van der Waals surface area contributed by atoms with Gasteiger partial charge in [-0.15, -0.1) is 0 Å². The number of aliphatic carboxylic acids is 1. The normalized spacial score (nSPS) is 16.4. The zero-order valence-corrected chi connectivity index (χ0v) is 21.5. The average Bonchev–Trinajstić information content (AvgIpc) is 2.81. The molecule has 34 heavy (non-hydrogen) atoms. The number of aromatic nitrogens is 2. The molecule has 8 nitrogen and oxygen atoms in total. The maximum Gasteiger partial charge on any atom is 1.00 e. The van der Waals surface area contributed by atoms with Crippen LogP contribution in [0.5, 0.6) is 0 Å². The number of Topliss-reactive ketones (excluding diaryl/α,β-unsaturated/α-hetero) is 1. The predicted octanol–water partition coefficient (Wildman–Crippen LogP) is 0.375. The van der Waals surface area contributed by atoms with Gasteiger partial charge in [-0.3, -0.25) is 9.59 Å². The number of piperidine rings is 2. The van der Waals surface area contributed by atoms with Crippen LogP contribution >= 0.6 is 0 Å². The monoisotopic (exact) mass is 486 g/mol. The van der Waals surface area contributed by atoms with E-state index in [0.717, 1.165) is 31.7 Å². The Kier molecular flexibility index (Phi) is 12.6. The van der Waals surface area contributed by atoms with Crippen LogP contribution in [0.25, 0.3) is 0 Å². The Morgan fingerprint density at radius 2 is 1.21 bits per heavy atom. The van der Waals surface area contributed by atoms with Crippen molar-refractivity contribution in [2.45, 2.75) is 32.6 Å². The van der Waals surface area contributed by atoms with E-state index in [1.54, 1.807) is 19.1 Å². The number of halogens is 2. The van der Waals surface area contributed by atoms with Crippen LogP contribution in [-0.2, 0) is 9.59 Å². The number of carbonyl (C=O) groups excluding carboxylic acids is 1. The molecule has 2 N–H and O–H groups in total. The first-order valence-electron chi connectivity index (χ1n) is 10.8. The van der Waals surface area contributed by atoms with E-state index in [9.17, 15) is 18.4 Å². The summed E-state index contributed by atoms with van der Waals surface area (Å²) >= 11 is 0. The van der Waals surface area contributed by atoms with Gasteiger partial charge >= 0.3 is 35.5 Å². The van der Waals surface area contributed by atoms with Crippen LogP contribution in [0.1, 0.15) is 32.6 Å². The first-order chi connectivity index (χ1) is 15.3. The summed E-state index contributed by atoms with van der Waals surface area (Å²) in [7, 11) is 0. The Labute approximate surface area is 220 Å². The van der Waals surface area contributed by atoms with Gasteiger partial charge in [0.1, 0.15) is 29.1 Å². The smallest absolute Gasteiger partial charge is 0.870 e. The molecule has 2 aliphatic rings. The van der Waals surface area contributed by atoms with E-state index < -0.39 is 5.97 Å². The summed E-state index contributed by atoms with van der Waals surface area (Å²) in [6, 6.07) is 6.09. The molecule has 2 fully saturated rings. The summed E-state index contributed by atoms with van der Waals surface area (Å²) < 4.78 is 25.4. The molecule has 0 radical (unpaired) electrons. The standard InChI is InChI=1S/C12H15FN2O.C11H13FN2O2.Na.H2O/c1-9(16)10-4-6-15(7-5-10)12-3-2-11(13)8-14-12;12-9-1-2-10(13-7-9)14-5-3-8(4-6-14)11(15)16;;/h2-3,8,10H,4-7H2,1H3;1-2,7-8H,3-6H2,(H,15,16);;1H2/q;;+1;/p-1. The van der Waals surface area contributed by atoms with Crippen molar-refractivity contribution in [3.8, 4) is 0 Å². The van der Waals surface area contributed by atoms with Gasteiger partial charge in [-0.25, -0.2) is 18.7 Å². The summed E-state index contributed by atoms with van der Waals surface area (Å²) in [5, 5.41) is 8.85. The fraction of sp³-hybridized carbons (Fsp3) is 0.478. The summed E-state index contributed by atoms with van der Waals surface area (Å²) in [6.45, 7) is 4.62. The van der Waals surface area contributed by atoms with Crippen LogP contribution in [0.15, 0.2) is 36.7 Å². The molecule has 4 rings (SSSR count). The number of carboxylic acid groups (broad SMARTS) is 1. The minimum atomic E-state index is -0.730. The maximum absolute atomic E-state index is 12.7. The molecule has 0 aliphatic carbocycles. The summed E-state index contributed by atoms with van der Waals surface area (Å²) in [4.78, 5) is 34.1. The van der Waals surface area contributed by atoms with Crippen LogP contribution in [-0.4, -0.2) is 58.5 Å². The summed E-state index contributed by atoms with van der Waals surface area (Å²) in [5.41, 5.74) is 0. The Morgan fingerprint density at radius 3 is 1.50 bits per heavy atom. The van der Waals surface area contributed by atoms with Gasteiger partial charge in [0, 0.05) is 32.1 Å². The third-order valence-corrected chi connectivity index (χ3v) is 5.99. The number of carboxylic acids is 1. The number of hydrogen-bond acceptors (Lipinski definition) is 7. The second-order valence-electron chi connectivity index (χ2n) is 8.14. The average molecular weight is 486 g/mol. The largest absolute Gasteiger partial charge is 1.00 e. The van der Waals surface area contributed by atoms with Crippen LogP contribution in [0, 0.1) is 23.5 Å². The fourth-order valence-corrected chi connectivity index (χ4v) is 3.98. The van der Waals surface area contributed by atoms with E-state index >= 15 is 0 Å². The van der Waals surface area contributed by atoms with Gasteiger partial charge in [-0.05, 0) is 56.9 Å². The van der Waals surface area contributed by atoms with Crippen LogP contribution in [0.3, 0.4) is 0 Å². The van der Waals surface area contributed by atoms with Crippen molar-refractivity contribution in [1.82, 2.24) is 9.97 Å². The molecular formula is C23H29F2N4NaO4. The first-order valence-corrected chi connectivity index (χ1v) is 10.8. The van der Waals surface area contributed by atoms with Gasteiger partial charge in [-0.2, -0.15) is 0 Å². The molecule has 4 heterocycles. The van der Waals surface area contributed by atoms with Crippen molar-refractivity contribution >= 4 is 23.4 Å². The summed E-state index contributed by atoms with van der Waals surface area (Å²) in [5.74, 6) is 0.312. The number of hydrogen-bond donors (Lipinski definition) is 1. The molecule has 0 saturated carbocycles. The molecule has 2 aromatic heterocycles. The number of ketones is 1. The van der Waals surface area contributed by atoms with Gasteiger partial charge in [0.15, 0.2) is 0 Å². The molecule has 2 aromatic rings. The Bertz CT molecular complexity index is 827. The third-order valence-electron chi connectivity index (χ3n) is 5.99. The maximum atomic E-state index is 12.7. The zero-order valence-electron chi connectivity index (χ0n) is 19.5. The zero-order chi connectivity index (χ0) is 23.1. The number of rotatable bonds is 4. The topological polar surface area (TPSA) is 117 Å². The van der Waals surface area contributed by atoms with Gasteiger partial charge in [0.05, 0.1) is 18.3 Å². The van der Waals surface area contributed by atoms with E-state index in [2.05, 4.69) is 14.9 Å². The van der Waals surface area contributed by atoms with E-state index in [1.807, 2.05) is 4.90 Å².